The Hall–Kier alpha value is -1.12. The van der Waals surface area contributed by atoms with E-state index in [9.17, 15) is 5.26 Å². The standard InChI is InChI=1S/C15H22N4S/c1-3-18-15(11-16)8-4-5-13(15)7-10-20-14-17-9-6-12(2)19-14/h6,9,13,18H,3-5,7-8,10H2,1-2H3. The summed E-state index contributed by atoms with van der Waals surface area (Å²) in [5.41, 5.74) is 0.699. The lowest BCUT2D eigenvalue weighted by Crippen LogP contribution is -2.47. The highest BCUT2D eigenvalue weighted by molar-refractivity contribution is 7.99. The summed E-state index contributed by atoms with van der Waals surface area (Å²) < 4.78 is 0. The molecule has 0 saturated heterocycles. The fourth-order valence-corrected chi connectivity index (χ4v) is 3.92. The Morgan fingerprint density at radius 1 is 1.60 bits per heavy atom. The Kier molecular flexibility index (Phi) is 5.38. The van der Waals surface area contributed by atoms with Crippen molar-refractivity contribution in [3.8, 4) is 6.07 Å². The number of hydrogen-bond acceptors (Lipinski definition) is 5. The molecule has 5 heteroatoms. The van der Waals surface area contributed by atoms with E-state index in [1.165, 1.54) is 0 Å². The van der Waals surface area contributed by atoms with Crippen molar-refractivity contribution >= 4 is 11.8 Å². The number of aromatic nitrogens is 2. The minimum atomic E-state index is -0.303. The van der Waals surface area contributed by atoms with E-state index < -0.39 is 0 Å². The van der Waals surface area contributed by atoms with Crippen LogP contribution < -0.4 is 5.32 Å². The van der Waals surface area contributed by atoms with E-state index in [0.717, 1.165) is 48.8 Å². The molecule has 2 rings (SSSR count). The number of aryl methyl sites for hydroxylation is 1. The van der Waals surface area contributed by atoms with E-state index in [4.69, 9.17) is 0 Å². The van der Waals surface area contributed by atoms with Crippen LogP contribution in [0.4, 0.5) is 0 Å². The summed E-state index contributed by atoms with van der Waals surface area (Å²) >= 11 is 1.69. The van der Waals surface area contributed by atoms with E-state index in [-0.39, 0.29) is 5.54 Å². The molecule has 1 aromatic rings. The highest BCUT2D eigenvalue weighted by Crippen LogP contribution is 2.38. The van der Waals surface area contributed by atoms with Crippen molar-refractivity contribution in [3.05, 3.63) is 18.0 Å². The van der Waals surface area contributed by atoms with Gasteiger partial charge in [0.25, 0.3) is 0 Å². The first-order valence-electron chi connectivity index (χ1n) is 7.29. The molecule has 1 fully saturated rings. The number of nitrogens with zero attached hydrogens (tertiary/aromatic N) is 3. The molecule has 4 nitrogen and oxygen atoms in total. The first-order valence-corrected chi connectivity index (χ1v) is 8.27. The normalized spacial score (nSPS) is 25.6. The molecule has 0 aliphatic heterocycles. The molecule has 1 aliphatic rings. The molecule has 0 radical (unpaired) electrons. The molecule has 1 aliphatic carbocycles. The Labute approximate surface area is 125 Å². The molecule has 0 spiro atoms. The molecule has 1 aromatic heterocycles. The Morgan fingerprint density at radius 2 is 2.45 bits per heavy atom. The predicted molar refractivity (Wildman–Crippen MR) is 81.5 cm³/mol. The summed E-state index contributed by atoms with van der Waals surface area (Å²) in [5, 5.41) is 13.8. The van der Waals surface area contributed by atoms with E-state index in [2.05, 4.69) is 28.3 Å². The van der Waals surface area contributed by atoms with Gasteiger partial charge in [0.2, 0.25) is 0 Å². The number of rotatable bonds is 6. The molecule has 0 amide bonds. The highest BCUT2D eigenvalue weighted by atomic mass is 32.2. The van der Waals surface area contributed by atoms with Crippen LogP contribution >= 0.6 is 11.8 Å². The van der Waals surface area contributed by atoms with Crippen molar-refractivity contribution < 1.29 is 0 Å². The van der Waals surface area contributed by atoms with Crippen molar-refractivity contribution in [2.75, 3.05) is 12.3 Å². The third-order valence-electron chi connectivity index (χ3n) is 3.98. The van der Waals surface area contributed by atoms with Crippen LogP contribution in [0.25, 0.3) is 0 Å². The van der Waals surface area contributed by atoms with Gasteiger partial charge in [-0.2, -0.15) is 5.26 Å². The van der Waals surface area contributed by atoms with Gasteiger partial charge in [-0.15, -0.1) is 0 Å². The maximum absolute atomic E-state index is 9.53. The van der Waals surface area contributed by atoms with Gasteiger partial charge in [-0.25, -0.2) is 9.97 Å². The van der Waals surface area contributed by atoms with Crippen molar-refractivity contribution in [3.63, 3.8) is 0 Å². The van der Waals surface area contributed by atoms with E-state index >= 15 is 0 Å². The molecule has 1 heterocycles. The fraction of sp³-hybridized carbons (Fsp3) is 0.667. The summed E-state index contributed by atoms with van der Waals surface area (Å²) in [4.78, 5) is 8.67. The van der Waals surface area contributed by atoms with E-state index in [1.54, 1.807) is 18.0 Å². The van der Waals surface area contributed by atoms with Gasteiger partial charge in [0.1, 0.15) is 5.54 Å². The van der Waals surface area contributed by atoms with Crippen LogP contribution in [0.1, 0.15) is 38.3 Å². The Bertz CT molecular complexity index is 485. The molecular weight excluding hydrogens is 268 g/mol. The summed E-state index contributed by atoms with van der Waals surface area (Å²) in [6.45, 7) is 4.91. The average Bonchev–Trinajstić information content (AvgIpc) is 2.83. The molecule has 2 unspecified atom stereocenters. The molecule has 1 saturated carbocycles. The Morgan fingerprint density at radius 3 is 3.15 bits per heavy atom. The monoisotopic (exact) mass is 290 g/mol. The van der Waals surface area contributed by atoms with E-state index in [0.29, 0.717) is 5.92 Å². The molecule has 108 valence electrons. The molecule has 1 N–H and O–H groups in total. The van der Waals surface area contributed by atoms with Crippen LogP contribution in [0.15, 0.2) is 17.4 Å². The van der Waals surface area contributed by atoms with E-state index in [1.807, 2.05) is 13.0 Å². The maximum Gasteiger partial charge on any atom is 0.187 e. The molecule has 20 heavy (non-hydrogen) atoms. The largest absolute Gasteiger partial charge is 0.299 e. The van der Waals surface area contributed by atoms with Gasteiger partial charge in [-0.3, -0.25) is 5.32 Å². The first-order chi connectivity index (χ1) is 9.70. The summed E-state index contributed by atoms with van der Waals surface area (Å²) in [7, 11) is 0. The van der Waals surface area contributed by atoms with Crippen LogP contribution in [0.3, 0.4) is 0 Å². The summed E-state index contributed by atoms with van der Waals surface area (Å²) in [5.74, 6) is 1.42. The molecular formula is C15H22N4S. The first kappa shape index (κ1) is 15.3. The number of hydrogen-bond donors (Lipinski definition) is 1. The van der Waals surface area contributed by atoms with Gasteiger partial charge in [0.05, 0.1) is 6.07 Å². The minimum Gasteiger partial charge on any atom is -0.299 e. The third-order valence-corrected chi connectivity index (χ3v) is 4.88. The second-order valence-electron chi connectivity index (χ2n) is 5.32. The third kappa shape index (κ3) is 3.50. The van der Waals surface area contributed by atoms with Crippen molar-refractivity contribution in [2.24, 2.45) is 5.92 Å². The quantitative estimate of drug-likeness (QED) is 0.644. The number of nitriles is 1. The van der Waals surface area contributed by atoms with Crippen LogP contribution in [-0.4, -0.2) is 27.8 Å². The molecule has 2 atom stereocenters. The van der Waals surface area contributed by atoms with Gasteiger partial charge < -0.3 is 0 Å². The zero-order chi connectivity index (χ0) is 14.4. The predicted octanol–water partition coefficient (Wildman–Crippen LogP) is 2.94. The van der Waals surface area contributed by atoms with Crippen molar-refractivity contribution in [2.45, 2.75) is 50.2 Å². The summed E-state index contributed by atoms with van der Waals surface area (Å²) in [6, 6.07) is 4.44. The van der Waals surface area contributed by atoms with Crippen molar-refractivity contribution in [1.29, 1.82) is 5.26 Å². The highest BCUT2D eigenvalue weighted by Gasteiger charge is 2.42. The van der Waals surface area contributed by atoms with Gasteiger partial charge in [0.15, 0.2) is 5.16 Å². The second kappa shape index (κ2) is 7.05. The van der Waals surface area contributed by atoms with Crippen LogP contribution in [0.5, 0.6) is 0 Å². The number of thioether (sulfide) groups is 1. The van der Waals surface area contributed by atoms with Crippen molar-refractivity contribution in [1.82, 2.24) is 15.3 Å². The Balaban J connectivity index is 1.88. The minimum absolute atomic E-state index is 0.303. The van der Waals surface area contributed by atoms with Gasteiger partial charge >= 0.3 is 0 Å². The smallest absolute Gasteiger partial charge is 0.187 e. The zero-order valence-corrected chi connectivity index (χ0v) is 13.0. The molecule has 0 bridgehead atoms. The summed E-state index contributed by atoms with van der Waals surface area (Å²) in [6.07, 6.45) is 6.13. The fourth-order valence-electron chi connectivity index (χ4n) is 2.99. The SMILES string of the molecule is CCNC1(C#N)CCCC1CCSc1nccc(C)n1. The molecule has 0 aromatic carbocycles. The topological polar surface area (TPSA) is 61.6 Å². The lowest BCUT2D eigenvalue weighted by atomic mass is 9.86. The van der Waals surface area contributed by atoms with Gasteiger partial charge in [0, 0.05) is 17.6 Å². The van der Waals surface area contributed by atoms with Gasteiger partial charge in [-0.1, -0.05) is 25.1 Å². The number of nitrogens with one attached hydrogen (secondary N) is 1. The second-order valence-corrected chi connectivity index (χ2v) is 6.38. The van der Waals surface area contributed by atoms with Crippen LogP contribution in [0, 0.1) is 24.2 Å². The zero-order valence-electron chi connectivity index (χ0n) is 12.2. The van der Waals surface area contributed by atoms with Crippen LogP contribution in [-0.2, 0) is 0 Å². The average molecular weight is 290 g/mol. The van der Waals surface area contributed by atoms with Gasteiger partial charge in [-0.05, 0) is 44.7 Å². The lowest BCUT2D eigenvalue weighted by Gasteiger charge is -2.29. The lowest BCUT2D eigenvalue weighted by molar-refractivity contribution is 0.317. The maximum atomic E-state index is 9.53. The van der Waals surface area contributed by atoms with Crippen LogP contribution in [0.2, 0.25) is 0 Å².